The van der Waals surface area contributed by atoms with Gasteiger partial charge in [0.2, 0.25) is 0 Å². The monoisotopic (exact) mass is 212 g/mol. The smallest absolute Gasteiger partial charge is 0.313 e. The second-order valence-electron chi connectivity index (χ2n) is 5.15. The van der Waals surface area contributed by atoms with Gasteiger partial charge in [-0.3, -0.25) is 15.0 Å². The SMILES string of the molecule is CC1(C)[C@]2(C)CC[C@]1(C(=O)NN)OC2=O. The van der Waals surface area contributed by atoms with Crippen LogP contribution in [-0.4, -0.2) is 17.5 Å². The Morgan fingerprint density at radius 3 is 2.33 bits per heavy atom. The van der Waals surface area contributed by atoms with Crippen molar-refractivity contribution in [1.82, 2.24) is 5.43 Å². The number of nitrogens with two attached hydrogens (primary N) is 1. The van der Waals surface area contributed by atoms with Crippen molar-refractivity contribution in [1.29, 1.82) is 0 Å². The molecular weight excluding hydrogens is 196 g/mol. The van der Waals surface area contributed by atoms with E-state index < -0.39 is 22.3 Å². The predicted molar refractivity (Wildman–Crippen MR) is 52.3 cm³/mol. The first-order valence-corrected chi connectivity index (χ1v) is 5.06. The summed E-state index contributed by atoms with van der Waals surface area (Å²) < 4.78 is 5.29. The van der Waals surface area contributed by atoms with Gasteiger partial charge in [0.25, 0.3) is 5.91 Å². The summed E-state index contributed by atoms with van der Waals surface area (Å²) in [5, 5.41) is 0. The highest BCUT2D eigenvalue weighted by molar-refractivity contribution is 5.95. The van der Waals surface area contributed by atoms with Crippen molar-refractivity contribution in [3.05, 3.63) is 0 Å². The lowest BCUT2D eigenvalue weighted by Gasteiger charge is -2.34. The summed E-state index contributed by atoms with van der Waals surface area (Å²) in [6, 6.07) is 0. The number of hydrogen-bond donors (Lipinski definition) is 2. The van der Waals surface area contributed by atoms with E-state index in [1.165, 1.54) is 0 Å². The van der Waals surface area contributed by atoms with Crippen molar-refractivity contribution in [2.45, 2.75) is 39.2 Å². The van der Waals surface area contributed by atoms with Crippen molar-refractivity contribution >= 4 is 11.9 Å². The van der Waals surface area contributed by atoms with Gasteiger partial charge in [0.05, 0.1) is 5.41 Å². The normalized spacial score (nSPS) is 41.5. The van der Waals surface area contributed by atoms with Crippen molar-refractivity contribution < 1.29 is 14.3 Å². The van der Waals surface area contributed by atoms with E-state index in [-0.39, 0.29) is 5.97 Å². The van der Waals surface area contributed by atoms with Gasteiger partial charge in [0.15, 0.2) is 5.60 Å². The topological polar surface area (TPSA) is 81.4 Å². The number of rotatable bonds is 1. The van der Waals surface area contributed by atoms with Crippen molar-refractivity contribution in [3.63, 3.8) is 0 Å². The number of hydrogen-bond acceptors (Lipinski definition) is 4. The average Bonchev–Trinajstić information content (AvgIpc) is 2.47. The summed E-state index contributed by atoms with van der Waals surface area (Å²) in [5.74, 6) is 4.46. The summed E-state index contributed by atoms with van der Waals surface area (Å²) in [6.45, 7) is 5.63. The fourth-order valence-electron chi connectivity index (χ4n) is 2.86. The Morgan fingerprint density at radius 2 is 2.00 bits per heavy atom. The zero-order chi connectivity index (χ0) is 11.5. The Bertz CT molecular complexity index is 353. The van der Waals surface area contributed by atoms with Gasteiger partial charge >= 0.3 is 5.97 Å². The molecule has 2 aliphatic rings. The molecule has 5 heteroatoms. The molecule has 2 atom stereocenters. The molecule has 1 amide bonds. The predicted octanol–water partition coefficient (Wildman–Crippen LogP) is 0.0982. The molecule has 2 rings (SSSR count). The average molecular weight is 212 g/mol. The molecule has 84 valence electrons. The van der Waals surface area contributed by atoms with Gasteiger partial charge in [0, 0.05) is 5.41 Å². The maximum absolute atomic E-state index is 11.8. The summed E-state index contributed by atoms with van der Waals surface area (Å²) in [4.78, 5) is 23.5. The molecule has 2 bridgehead atoms. The lowest BCUT2D eigenvalue weighted by atomic mass is 9.66. The van der Waals surface area contributed by atoms with Gasteiger partial charge in [-0.1, -0.05) is 13.8 Å². The second kappa shape index (κ2) is 2.52. The second-order valence-corrected chi connectivity index (χ2v) is 5.15. The molecule has 1 saturated heterocycles. The molecule has 5 nitrogen and oxygen atoms in total. The number of esters is 1. The highest BCUT2D eigenvalue weighted by Gasteiger charge is 2.75. The van der Waals surface area contributed by atoms with Crippen LogP contribution in [0.25, 0.3) is 0 Å². The van der Waals surface area contributed by atoms with E-state index in [1.54, 1.807) is 0 Å². The summed E-state index contributed by atoms with van der Waals surface area (Å²) in [6.07, 6.45) is 1.22. The van der Waals surface area contributed by atoms with Crippen LogP contribution in [0.5, 0.6) is 0 Å². The highest BCUT2D eigenvalue weighted by Crippen LogP contribution is 2.65. The Hall–Kier alpha value is -1.10. The first-order chi connectivity index (χ1) is 6.82. The van der Waals surface area contributed by atoms with Gasteiger partial charge in [-0.05, 0) is 19.8 Å². The van der Waals surface area contributed by atoms with Crippen LogP contribution in [0.3, 0.4) is 0 Å². The van der Waals surface area contributed by atoms with Gasteiger partial charge in [-0.2, -0.15) is 0 Å². The quantitative estimate of drug-likeness (QED) is 0.279. The van der Waals surface area contributed by atoms with Crippen LogP contribution in [0.4, 0.5) is 0 Å². The number of nitrogens with one attached hydrogen (secondary N) is 1. The molecule has 3 N–H and O–H groups in total. The van der Waals surface area contributed by atoms with E-state index in [4.69, 9.17) is 10.6 Å². The lowest BCUT2D eigenvalue weighted by molar-refractivity contribution is -0.168. The minimum absolute atomic E-state index is 0.289. The maximum Gasteiger partial charge on any atom is 0.313 e. The van der Waals surface area contributed by atoms with E-state index in [2.05, 4.69) is 5.43 Å². The Morgan fingerprint density at radius 1 is 1.40 bits per heavy atom. The van der Waals surface area contributed by atoms with E-state index in [0.29, 0.717) is 12.8 Å². The van der Waals surface area contributed by atoms with Crippen LogP contribution in [-0.2, 0) is 14.3 Å². The number of carbonyl (C=O) groups is 2. The fraction of sp³-hybridized carbons (Fsp3) is 0.800. The number of amides is 1. The third-order valence-electron chi connectivity index (χ3n) is 4.58. The summed E-state index contributed by atoms with van der Waals surface area (Å²) >= 11 is 0. The van der Waals surface area contributed by atoms with Crippen molar-refractivity contribution in [2.75, 3.05) is 0 Å². The van der Waals surface area contributed by atoms with Crippen LogP contribution in [0.1, 0.15) is 33.6 Å². The van der Waals surface area contributed by atoms with E-state index in [1.807, 2.05) is 20.8 Å². The van der Waals surface area contributed by atoms with Crippen LogP contribution >= 0.6 is 0 Å². The van der Waals surface area contributed by atoms with Crippen molar-refractivity contribution in [3.8, 4) is 0 Å². The molecule has 0 spiro atoms. The minimum Gasteiger partial charge on any atom is -0.448 e. The lowest BCUT2D eigenvalue weighted by Crippen LogP contribution is -2.55. The largest absolute Gasteiger partial charge is 0.448 e. The summed E-state index contributed by atoms with van der Waals surface area (Å²) in [5.41, 5.74) is -0.0565. The number of fused-ring (bicyclic) bond motifs is 2. The van der Waals surface area contributed by atoms with Crippen LogP contribution < -0.4 is 11.3 Å². The molecular formula is C10H16N2O3. The molecule has 0 aromatic heterocycles. The first kappa shape index (κ1) is 10.4. The Balaban J connectivity index is 2.54. The van der Waals surface area contributed by atoms with Gasteiger partial charge in [0.1, 0.15) is 0 Å². The third kappa shape index (κ3) is 0.833. The molecule has 0 aromatic carbocycles. The molecule has 1 aliphatic carbocycles. The number of hydrazine groups is 1. The standard InChI is InChI=1S/C10H16N2O3/c1-8(2)9(3)4-5-10(8,6(13)12-11)15-7(9)14/h4-5,11H2,1-3H3,(H,12,13)/t9-,10-/m1/s1. The Labute approximate surface area is 88.3 Å². The first-order valence-electron chi connectivity index (χ1n) is 5.06. The molecule has 1 aliphatic heterocycles. The number of ether oxygens (including phenoxy) is 1. The Kier molecular flexibility index (Phi) is 1.75. The summed E-state index contributed by atoms with van der Waals surface area (Å²) in [7, 11) is 0. The maximum atomic E-state index is 11.8. The van der Waals surface area contributed by atoms with Gasteiger partial charge in [-0.25, -0.2) is 5.84 Å². The van der Waals surface area contributed by atoms with Crippen LogP contribution in [0, 0.1) is 10.8 Å². The molecule has 0 unspecified atom stereocenters. The van der Waals surface area contributed by atoms with Crippen molar-refractivity contribution in [2.24, 2.45) is 16.7 Å². The van der Waals surface area contributed by atoms with E-state index >= 15 is 0 Å². The number of carbonyl (C=O) groups excluding carboxylic acids is 2. The molecule has 0 aromatic rings. The fourth-order valence-corrected chi connectivity index (χ4v) is 2.86. The zero-order valence-electron chi connectivity index (χ0n) is 9.22. The van der Waals surface area contributed by atoms with Crippen LogP contribution in [0.2, 0.25) is 0 Å². The molecule has 1 heterocycles. The third-order valence-corrected chi connectivity index (χ3v) is 4.58. The minimum atomic E-state index is -1.08. The highest BCUT2D eigenvalue weighted by atomic mass is 16.6. The molecule has 1 saturated carbocycles. The van der Waals surface area contributed by atoms with E-state index in [0.717, 1.165) is 0 Å². The molecule has 0 radical (unpaired) electrons. The van der Waals surface area contributed by atoms with Gasteiger partial charge in [-0.15, -0.1) is 0 Å². The van der Waals surface area contributed by atoms with E-state index in [9.17, 15) is 9.59 Å². The molecule has 2 fully saturated rings. The molecule has 15 heavy (non-hydrogen) atoms. The zero-order valence-corrected chi connectivity index (χ0v) is 9.22. The van der Waals surface area contributed by atoms with Gasteiger partial charge < -0.3 is 4.74 Å². The van der Waals surface area contributed by atoms with Crippen LogP contribution in [0.15, 0.2) is 0 Å².